The Morgan fingerprint density at radius 2 is 2.08 bits per heavy atom. The number of rotatable bonds is 4. The molecule has 0 saturated heterocycles. The molecule has 12 heavy (non-hydrogen) atoms. The molecule has 0 heterocycles. The van der Waals surface area contributed by atoms with Crippen LogP contribution in [-0.2, 0) is 0 Å². The molecule has 0 saturated carbocycles. The molecule has 0 aromatic carbocycles. The van der Waals surface area contributed by atoms with Gasteiger partial charge in [-0.1, -0.05) is 6.92 Å². The minimum Gasteiger partial charge on any atom is -0.370 e. The van der Waals surface area contributed by atoms with Crippen LogP contribution < -0.4 is 22.5 Å². The second kappa shape index (κ2) is 5.22. The van der Waals surface area contributed by atoms with Gasteiger partial charge in [0.25, 0.3) is 0 Å². The molecular weight excluding hydrogens is 156 g/mol. The van der Waals surface area contributed by atoms with Crippen LogP contribution in [0.25, 0.3) is 0 Å². The third-order valence-corrected chi connectivity index (χ3v) is 1.23. The van der Waals surface area contributed by atoms with Gasteiger partial charge in [-0.2, -0.15) is 0 Å². The Hall–Kier alpha value is -1.46. The molecule has 1 unspecified atom stereocenters. The summed E-state index contributed by atoms with van der Waals surface area (Å²) >= 11 is 0. The average molecular weight is 172 g/mol. The Bertz CT molecular complexity index is 171. The fourth-order valence-electron chi connectivity index (χ4n) is 0.610. The summed E-state index contributed by atoms with van der Waals surface area (Å²) in [5, 5.41) is 9.56. The zero-order valence-corrected chi connectivity index (χ0v) is 7.17. The maximum atomic E-state index is 6.89. The number of hydrogen-bond donors (Lipinski definition) is 5. The van der Waals surface area contributed by atoms with Gasteiger partial charge in [0, 0.05) is 13.1 Å². The maximum Gasteiger partial charge on any atom is 0.185 e. The van der Waals surface area contributed by atoms with Gasteiger partial charge in [-0.3, -0.25) is 10.4 Å². The molecule has 8 N–H and O–H groups in total. The Morgan fingerprint density at radius 3 is 2.50 bits per heavy atom. The molecule has 0 aliphatic carbocycles. The van der Waals surface area contributed by atoms with Crippen LogP contribution in [-0.4, -0.2) is 25.0 Å². The molecular formula is C6H16N6. The van der Waals surface area contributed by atoms with Gasteiger partial charge >= 0.3 is 0 Å². The van der Waals surface area contributed by atoms with Crippen LogP contribution in [0.15, 0.2) is 4.99 Å². The van der Waals surface area contributed by atoms with E-state index in [9.17, 15) is 0 Å². The molecule has 0 spiro atoms. The summed E-state index contributed by atoms with van der Waals surface area (Å²) < 4.78 is 0. The van der Waals surface area contributed by atoms with Crippen molar-refractivity contribution in [2.24, 2.45) is 28.1 Å². The van der Waals surface area contributed by atoms with Crippen LogP contribution in [0.3, 0.4) is 0 Å². The summed E-state index contributed by atoms with van der Waals surface area (Å²) in [6, 6.07) is 0. The van der Waals surface area contributed by atoms with Crippen LogP contribution in [0, 0.1) is 11.3 Å². The molecule has 0 bridgehead atoms. The van der Waals surface area contributed by atoms with E-state index in [1.807, 2.05) is 6.92 Å². The molecule has 1 atom stereocenters. The summed E-state index contributed by atoms with van der Waals surface area (Å²) in [7, 11) is 0. The van der Waals surface area contributed by atoms with Gasteiger partial charge in [0.05, 0.1) is 0 Å². The fourth-order valence-corrected chi connectivity index (χ4v) is 0.610. The first-order chi connectivity index (χ1) is 5.52. The highest BCUT2D eigenvalue weighted by Gasteiger charge is 2.00. The van der Waals surface area contributed by atoms with Crippen LogP contribution in [0.1, 0.15) is 6.92 Å². The topological polar surface area (TPSA) is 126 Å². The number of nitrogens with two attached hydrogens (primary N) is 3. The first kappa shape index (κ1) is 10.5. The molecule has 0 aliphatic rings. The monoisotopic (exact) mass is 172 g/mol. The van der Waals surface area contributed by atoms with E-state index in [1.54, 1.807) is 0 Å². The van der Waals surface area contributed by atoms with Gasteiger partial charge in [0.1, 0.15) is 0 Å². The van der Waals surface area contributed by atoms with Crippen molar-refractivity contribution in [1.29, 1.82) is 5.41 Å². The second-order valence-corrected chi connectivity index (χ2v) is 2.67. The van der Waals surface area contributed by atoms with Crippen molar-refractivity contribution in [2.75, 3.05) is 13.1 Å². The van der Waals surface area contributed by atoms with Gasteiger partial charge in [-0.15, -0.1) is 0 Å². The zero-order valence-electron chi connectivity index (χ0n) is 7.17. The summed E-state index contributed by atoms with van der Waals surface area (Å²) in [4.78, 5) is 3.82. The highest BCUT2D eigenvalue weighted by atomic mass is 15.0. The van der Waals surface area contributed by atoms with Crippen molar-refractivity contribution < 1.29 is 0 Å². The predicted octanol–water partition coefficient (Wildman–Crippen LogP) is -1.62. The standard InChI is InChI=1S/C6H16N6/c1-4(2-11-5(7)8)3-12-6(9)10/h4H,2-3H2,1H3,(H4,7,8,11)(H4,9,10,12). The fraction of sp³-hybridized carbons (Fsp3) is 0.667. The number of aliphatic imine (C=N–C) groups is 1. The Labute approximate surface area is 71.7 Å². The van der Waals surface area contributed by atoms with Crippen LogP contribution in [0.2, 0.25) is 0 Å². The molecule has 0 aliphatic heterocycles. The van der Waals surface area contributed by atoms with Crippen molar-refractivity contribution in [1.82, 2.24) is 5.32 Å². The van der Waals surface area contributed by atoms with Crippen LogP contribution in [0.5, 0.6) is 0 Å². The van der Waals surface area contributed by atoms with E-state index in [0.717, 1.165) is 0 Å². The third-order valence-electron chi connectivity index (χ3n) is 1.23. The molecule has 0 radical (unpaired) electrons. The van der Waals surface area contributed by atoms with Crippen molar-refractivity contribution in [3.05, 3.63) is 0 Å². The third kappa shape index (κ3) is 6.66. The normalized spacial score (nSPS) is 11.8. The summed E-state index contributed by atoms with van der Waals surface area (Å²) in [6.45, 7) is 3.11. The van der Waals surface area contributed by atoms with Gasteiger partial charge in [0.2, 0.25) is 0 Å². The molecule has 6 heteroatoms. The molecule has 6 nitrogen and oxygen atoms in total. The number of nitrogens with one attached hydrogen (secondary N) is 2. The number of nitrogens with zero attached hydrogens (tertiary/aromatic N) is 1. The number of guanidine groups is 2. The van der Waals surface area contributed by atoms with Crippen LogP contribution in [0.4, 0.5) is 0 Å². The Balaban J connectivity index is 3.53. The first-order valence-corrected chi connectivity index (χ1v) is 3.65. The largest absolute Gasteiger partial charge is 0.370 e. The first-order valence-electron chi connectivity index (χ1n) is 3.65. The van der Waals surface area contributed by atoms with Gasteiger partial charge in [-0.05, 0) is 5.92 Å². The quantitative estimate of drug-likeness (QED) is 0.258. The van der Waals surface area contributed by atoms with Crippen molar-refractivity contribution in [3.8, 4) is 0 Å². The minimum absolute atomic E-state index is 0.0356. The molecule has 0 aromatic heterocycles. The van der Waals surface area contributed by atoms with Crippen molar-refractivity contribution in [3.63, 3.8) is 0 Å². The lowest BCUT2D eigenvalue weighted by Gasteiger charge is -2.09. The van der Waals surface area contributed by atoms with E-state index in [0.29, 0.717) is 13.1 Å². The van der Waals surface area contributed by atoms with E-state index in [4.69, 9.17) is 22.6 Å². The maximum absolute atomic E-state index is 6.89. The van der Waals surface area contributed by atoms with Crippen molar-refractivity contribution in [2.45, 2.75) is 6.92 Å². The Kier molecular flexibility index (Phi) is 4.59. The smallest absolute Gasteiger partial charge is 0.185 e. The SMILES string of the molecule is CC(CN=C(N)N)CNC(=N)N. The van der Waals surface area contributed by atoms with Gasteiger partial charge in [0.15, 0.2) is 11.9 Å². The highest BCUT2D eigenvalue weighted by molar-refractivity contribution is 5.75. The molecule has 70 valence electrons. The van der Waals surface area contributed by atoms with Gasteiger partial charge in [-0.25, -0.2) is 0 Å². The Morgan fingerprint density at radius 1 is 1.50 bits per heavy atom. The minimum atomic E-state index is -0.0356. The molecule has 0 amide bonds. The lowest BCUT2D eigenvalue weighted by Crippen LogP contribution is -2.34. The predicted molar refractivity (Wildman–Crippen MR) is 49.8 cm³/mol. The zero-order chi connectivity index (χ0) is 9.56. The summed E-state index contributed by atoms with van der Waals surface area (Å²) in [5.74, 6) is 0.312. The summed E-state index contributed by atoms with van der Waals surface area (Å²) in [6.07, 6.45) is 0. The van der Waals surface area contributed by atoms with E-state index in [-0.39, 0.29) is 17.8 Å². The van der Waals surface area contributed by atoms with Crippen LogP contribution >= 0.6 is 0 Å². The highest BCUT2D eigenvalue weighted by Crippen LogP contribution is 1.91. The summed E-state index contributed by atoms with van der Waals surface area (Å²) in [5.41, 5.74) is 15.4. The average Bonchev–Trinajstić information content (AvgIpc) is 1.96. The molecule has 0 rings (SSSR count). The lowest BCUT2D eigenvalue weighted by molar-refractivity contribution is 0.577. The number of hydrogen-bond acceptors (Lipinski definition) is 2. The van der Waals surface area contributed by atoms with Crippen molar-refractivity contribution >= 4 is 11.9 Å². The molecule has 0 aromatic rings. The van der Waals surface area contributed by atoms with E-state index in [2.05, 4.69) is 10.3 Å². The van der Waals surface area contributed by atoms with E-state index in [1.165, 1.54) is 0 Å². The molecule has 0 fully saturated rings. The lowest BCUT2D eigenvalue weighted by atomic mass is 10.2. The van der Waals surface area contributed by atoms with E-state index >= 15 is 0 Å². The van der Waals surface area contributed by atoms with E-state index < -0.39 is 0 Å². The van der Waals surface area contributed by atoms with Gasteiger partial charge < -0.3 is 22.5 Å². The second-order valence-electron chi connectivity index (χ2n) is 2.67.